The van der Waals surface area contributed by atoms with Gasteiger partial charge in [0.15, 0.2) is 0 Å². The molecule has 1 N–H and O–H groups in total. The van der Waals surface area contributed by atoms with Gasteiger partial charge < -0.3 is 10.2 Å². The quantitative estimate of drug-likeness (QED) is 0.769. The van der Waals surface area contributed by atoms with Crippen molar-refractivity contribution in [1.29, 1.82) is 0 Å². The van der Waals surface area contributed by atoms with Gasteiger partial charge in [-0.15, -0.1) is 0 Å². The first-order valence-electron chi connectivity index (χ1n) is 10.5. The molecule has 2 aromatic rings. The van der Waals surface area contributed by atoms with Crippen LogP contribution in [0.15, 0.2) is 72.8 Å². The van der Waals surface area contributed by atoms with Crippen LogP contribution in [0.25, 0.3) is 0 Å². The maximum atomic E-state index is 13.3. The number of hydrogen-bond acceptors (Lipinski definition) is 2. The van der Waals surface area contributed by atoms with E-state index in [1.807, 2.05) is 53.4 Å². The Kier molecular flexibility index (Phi) is 6.09. The molecule has 4 nitrogen and oxygen atoms in total. The van der Waals surface area contributed by atoms with Gasteiger partial charge in [-0.1, -0.05) is 72.8 Å². The molecule has 0 saturated carbocycles. The molecular formula is C25H28N2O2. The average Bonchev–Trinajstić information content (AvgIpc) is 2.77. The Labute approximate surface area is 172 Å². The van der Waals surface area contributed by atoms with Crippen molar-refractivity contribution in [3.8, 4) is 0 Å². The van der Waals surface area contributed by atoms with Crippen molar-refractivity contribution < 1.29 is 9.59 Å². The fourth-order valence-corrected chi connectivity index (χ4v) is 4.56. The minimum atomic E-state index is -0.271. The summed E-state index contributed by atoms with van der Waals surface area (Å²) in [6.45, 7) is 1.97. The second-order valence-corrected chi connectivity index (χ2v) is 8.02. The Morgan fingerprint density at radius 2 is 1.69 bits per heavy atom. The minimum Gasteiger partial charge on any atom is -0.355 e. The summed E-state index contributed by atoms with van der Waals surface area (Å²) >= 11 is 0. The minimum absolute atomic E-state index is 0.00944. The Morgan fingerprint density at radius 1 is 1.00 bits per heavy atom. The second-order valence-electron chi connectivity index (χ2n) is 8.02. The van der Waals surface area contributed by atoms with Gasteiger partial charge in [-0.2, -0.15) is 0 Å². The van der Waals surface area contributed by atoms with Gasteiger partial charge in [0.05, 0.1) is 11.8 Å². The van der Waals surface area contributed by atoms with Crippen molar-refractivity contribution in [2.24, 2.45) is 17.8 Å². The van der Waals surface area contributed by atoms with E-state index in [0.29, 0.717) is 19.5 Å². The highest BCUT2D eigenvalue weighted by Crippen LogP contribution is 2.37. The smallest absolute Gasteiger partial charge is 0.227 e. The summed E-state index contributed by atoms with van der Waals surface area (Å²) in [5.74, 6) is -0.206. The highest BCUT2D eigenvalue weighted by Gasteiger charge is 2.44. The first kappa shape index (κ1) is 19.4. The van der Waals surface area contributed by atoms with Crippen LogP contribution in [0.2, 0.25) is 0 Å². The predicted octanol–water partition coefficient (Wildman–Crippen LogP) is 3.59. The Hall–Kier alpha value is -2.88. The van der Waals surface area contributed by atoms with Gasteiger partial charge >= 0.3 is 0 Å². The molecule has 4 rings (SSSR count). The molecule has 4 heteroatoms. The highest BCUT2D eigenvalue weighted by atomic mass is 16.2. The third kappa shape index (κ3) is 4.58. The SMILES string of the molecule is O=C(NCCc1ccccc1)[C@@H]1CC=C[C@@H]2CCN(Cc3ccccc3)C(=O)[C@@H]21. The Bertz CT molecular complexity index is 863. The van der Waals surface area contributed by atoms with Crippen LogP contribution in [0.5, 0.6) is 0 Å². The Balaban J connectivity index is 1.40. The van der Waals surface area contributed by atoms with Crippen LogP contribution in [-0.4, -0.2) is 29.8 Å². The zero-order valence-corrected chi connectivity index (χ0v) is 16.7. The van der Waals surface area contributed by atoms with Crippen molar-refractivity contribution in [2.45, 2.75) is 25.8 Å². The standard InChI is InChI=1S/C25H28N2O2/c28-24(26-16-14-19-8-3-1-4-9-19)22-13-7-12-21-15-17-27(25(29)23(21)22)18-20-10-5-2-6-11-20/h1-12,21-23H,13-18H2,(H,26,28)/t21-,22-,23+/m1/s1. The number of nitrogens with zero attached hydrogens (tertiary/aromatic N) is 1. The summed E-state index contributed by atoms with van der Waals surface area (Å²) in [6.07, 6.45) is 6.60. The van der Waals surface area contributed by atoms with Gasteiger partial charge in [0.25, 0.3) is 0 Å². The van der Waals surface area contributed by atoms with E-state index in [1.165, 1.54) is 5.56 Å². The first-order chi connectivity index (χ1) is 14.2. The zero-order chi connectivity index (χ0) is 20.1. The van der Waals surface area contributed by atoms with E-state index < -0.39 is 0 Å². The molecule has 2 aromatic carbocycles. The van der Waals surface area contributed by atoms with Crippen LogP contribution < -0.4 is 5.32 Å². The molecule has 0 bridgehead atoms. The van der Waals surface area contributed by atoms with E-state index in [1.54, 1.807) is 0 Å². The molecule has 150 valence electrons. The summed E-state index contributed by atoms with van der Waals surface area (Å²) in [5.41, 5.74) is 2.34. The summed E-state index contributed by atoms with van der Waals surface area (Å²) in [7, 11) is 0. The van der Waals surface area contributed by atoms with Crippen LogP contribution in [0.4, 0.5) is 0 Å². The number of amides is 2. The van der Waals surface area contributed by atoms with Crippen LogP contribution in [0.1, 0.15) is 24.0 Å². The number of rotatable bonds is 6. The molecule has 2 aliphatic rings. The molecule has 1 aliphatic carbocycles. The van der Waals surface area contributed by atoms with Crippen molar-refractivity contribution >= 4 is 11.8 Å². The highest BCUT2D eigenvalue weighted by molar-refractivity contribution is 5.89. The molecule has 0 aromatic heterocycles. The number of fused-ring (bicyclic) bond motifs is 1. The van der Waals surface area contributed by atoms with Gasteiger partial charge in [-0.25, -0.2) is 0 Å². The van der Waals surface area contributed by atoms with E-state index in [0.717, 1.165) is 24.9 Å². The lowest BCUT2D eigenvalue weighted by molar-refractivity contribution is -0.148. The molecule has 0 radical (unpaired) electrons. The monoisotopic (exact) mass is 388 g/mol. The lowest BCUT2D eigenvalue weighted by atomic mass is 9.71. The summed E-state index contributed by atoms with van der Waals surface area (Å²) in [4.78, 5) is 28.2. The predicted molar refractivity (Wildman–Crippen MR) is 114 cm³/mol. The van der Waals surface area contributed by atoms with Crippen molar-refractivity contribution in [3.63, 3.8) is 0 Å². The van der Waals surface area contributed by atoms with Gasteiger partial charge in [-0.3, -0.25) is 9.59 Å². The second kappa shape index (κ2) is 9.08. The van der Waals surface area contributed by atoms with E-state index in [-0.39, 0.29) is 29.6 Å². The molecule has 1 fully saturated rings. The van der Waals surface area contributed by atoms with E-state index in [4.69, 9.17) is 0 Å². The summed E-state index contributed by atoms with van der Waals surface area (Å²) in [5, 5.41) is 3.08. The van der Waals surface area contributed by atoms with Crippen LogP contribution in [-0.2, 0) is 22.6 Å². The number of allylic oxidation sites excluding steroid dienone is 2. The molecule has 0 spiro atoms. The first-order valence-corrected chi connectivity index (χ1v) is 10.5. The molecular weight excluding hydrogens is 360 g/mol. The van der Waals surface area contributed by atoms with E-state index in [9.17, 15) is 9.59 Å². The van der Waals surface area contributed by atoms with Gasteiger partial charge in [0.2, 0.25) is 11.8 Å². The number of benzene rings is 2. The topological polar surface area (TPSA) is 49.4 Å². The third-order valence-corrected chi connectivity index (χ3v) is 6.11. The zero-order valence-electron chi connectivity index (χ0n) is 16.7. The normalized spacial score (nSPS) is 23.5. The van der Waals surface area contributed by atoms with Crippen LogP contribution >= 0.6 is 0 Å². The van der Waals surface area contributed by atoms with Gasteiger partial charge in [0.1, 0.15) is 0 Å². The average molecular weight is 389 g/mol. The molecule has 3 atom stereocenters. The van der Waals surface area contributed by atoms with Crippen molar-refractivity contribution in [1.82, 2.24) is 10.2 Å². The molecule has 1 saturated heterocycles. The van der Waals surface area contributed by atoms with Gasteiger partial charge in [-0.05, 0) is 36.3 Å². The number of piperidine rings is 1. The largest absolute Gasteiger partial charge is 0.355 e. The Morgan fingerprint density at radius 3 is 2.41 bits per heavy atom. The van der Waals surface area contributed by atoms with Crippen molar-refractivity contribution in [3.05, 3.63) is 83.9 Å². The fourth-order valence-electron chi connectivity index (χ4n) is 4.56. The van der Waals surface area contributed by atoms with Crippen LogP contribution in [0, 0.1) is 17.8 Å². The molecule has 29 heavy (non-hydrogen) atoms. The molecule has 0 unspecified atom stereocenters. The number of carbonyl (C=O) groups excluding carboxylic acids is 2. The number of likely N-dealkylation sites (tertiary alicyclic amines) is 1. The third-order valence-electron chi connectivity index (χ3n) is 6.11. The number of hydrogen-bond donors (Lipinski definition) is 1. The number of carbonyl (C=O) groups is 2. The molecule has 1 aliphatic heterocycles. The number of nitrogens with one attached hydrogen (secondary N) is 1. The van der Waals surface area contributed by atoms with E-state index >= 15 is 0 Å². The summed E-state index contributed by atoms with van der Waals surface area (Å²) in [6, 6.07) is 20.2. The van der Waals surface area contributed by atoms with E-state index in [2.05, 4.69) is 29.6 Å². The lowest BCUT2D eigenvalue weighted by Gasteiger charge is -2.41. The molecule has 1 heterocycles. The van der Waals surface area contributed by atoms with Crippen LogP contribution in [0.3, 0.4) is 0 Å². The maximum Gasteiger partial charge on any atom is 0.227 e. The van der Waals surface area contributed by atoms with Crippen molar-refractivity contribution in [2.75, 3.05) is 13.1 Å². The fraction of sp³-hybridized carbons (Fsp3) is 0.360. The van der Waals surface area contributed by atoms with Gasteiger partial charge in [0, 0.05) is 19.6 Å². The summed E-state index contributed by atoms with van der Waals surface area (Å²) < 4.78 is 0. The maximum absolute atomic E-state index is 13.3. The lowest BCUT2D eigenvalue weighted by Crippen LogP contribution is -2.51. The molecule has 2 amide bonds.